The molecule has 0 aliphatic rings. The molecule has 30 heavy (non-hydrogen) atoms. The molecule has 0 unspecified atom stereocenters. The second-order valence-corrected chi connectivity index (χ2v) is 13.8. The van der Waals surface area contributed by atoms with Gasteiger partial charge in [-0.25, -0.2) is 10.0 Å². The standard InChI is InChI=1S/C22H45F3OS2.C2H6/c1-4-26-17-19-27-18-14-12-10-8-6-5-7-9-11-13-15-20-28(2,3)21-16-22(23,24)25;1-2/h4-21H2,1-3H3;1-2H3. The van der Waals surface area contributed by atoms with Crippen molar-refractivity contribution in [3.05, 3.63) is 0 Å². The Balaban J connectivity index is 0. The van der Waals surface area contributed by atoms with Gasteiger partial charge < -0.3 is 4.74 Å². The van der Waals surface area contributed by atoms with E-state index in [1.807, 2.05) is 32.5 Å². The molecule has 0 N–H and O–H groups in total. The fourth-order valence-electron chi connectivity index (χ4n) is 3.15. The maximum atomic E-state index is 12.3. The fraction of sp³-hybridized carbons (Fsp3) is 1.00. The van der Waals surface area contributed by atoms with Gasteiger partial charge in [0.15, 0.2) is 0 Å². The molecule has 0 radical (unpaired) electrons. The van der Waals surface area contributed by atoms with Crippen LogP contribution in [0.3, 0.4) is 0 Å². The van der Waals surface area contributed by atoms with E-state index in [4.69, 9.17) is 4.74 Å². The van der Waals surface area contributed by atoms with Crippen LogP contribution in [0.2, 0.25) is 0 Å². The van der Waals surface area contributed by atoms with Crippen molar-refractivity contribution in [1.29, 1.82) is 0 Å². The van der Waals surface area contributed by atoms with Gasteiger partial charge in [-0.2, -0.15) is 24.9 Å². The molecule has 0 saturated carbocycles. The summed E-state index contributed by atoms with van der Waals surface area (Å²) in [5, 5.41) is 0. The average molecular weight is 477 g/mol. The lowest BCUT2D eigenvalue weighted by Crippen LogP contribution is -2.15. The summed E-state index contributed by atoms with van der Waals surface area (Å²) >= 11 is 2.01. The van der Waals surface area contributed by atoms with Crippen LogP contribution in [-0.2, 0) is 4.74 Å². The molecule has 0 amide bonds. The minimum Gasteiger partial charge on any atom is -0.381 e. The predicted octanol–water partition coefficient (Wildman–Crippen LogP) is 9.09. The zero-order chi connectivity index (χ0) is 23.1. The maximum absolute atomic E-state index is 12.3. The van der Waals surface area contributed by atoms with Crippen LogP contribution in [0.5, 0.6) is 0 Å². The molecule has 0 aliphatic carbocycles. The molecular formula is C24H51F3OS2. The lowest BCUT2D eigenvalue weighted by atomic mass is 10.1. The van der Waals surface area contributed by atoms with Crippen molar-refractivity contribution in [3.63, 3.8) is 0 Å². The molecule has 1 nitrogen and oxygen atoms in total. The molecule has 0 aromatic rings. The van der Waals surface area contributed by atoms with Crippen LogP contribution >= 0.6 is 21.8 Å². The molecule has 0 saturated heterocycles. The second-order valence-electron chi connectivity index (χ2n) is 8.24. The van der Waals surface area contributed by atoms with E-state index in [1.54, 1.807) is 0 Å². The summed E-state index contributed by atoms with van der Waals surface area (Å²) in [5.41, 5.74) is 0. The molecule has 0 aliphatic heterocycles. The molecule has 0 heterocycles. The first kappa shape index (κ1) is 32.6. The van der Waals surface area contributed by atoms with Crippen molar-refractivity contribution in [2.75, 3.05) is 48.7 Å². The van der Waals surface area contributed by atoms with Gasteiger partial charge in [-0.3, -0.25) is 0 Å². The minimum atomic E-state index is -3.99. The topological polar surface area (TPSA) is 9.23 Å². The number of halogens is 3. The summed E-state index contributed by atoms with van der Waals surface area (Å²) in [7, 11) is -1.06. The summed E-state index contributed by atoms with van der Waals surface area (Å²) in [5.74, 6) is 3.72. The number of alkyl halides is 3. The Bertz CT molecular complexity index is 337. The normalized spacial score (nSPS) is 12.5. The number of hydrogen-bond acceptors (Lipinski definition) is 2. The molecule has 0 aromatic heterocycles. The monoisotopic (exact) mass is 476 g/mol. The average Bonchev–Trinajstić information content (AvgIpc) is 2.70. The summed E-state index contributed by atoms with van der Waals surface area (Å²) in [6.07, 6.45) is 13.7. The summed E-state index contributed by atoms with van der Waals surface area (Å²) < 4.78 is 42.3. The zero-order valence-corrected chi connectivity index (χ0v) is 22.2. The van der Waals surface area contributed by atoms with E-state index in [1.165, 1.54) is 70.0 Å². The van der Waals surface area contributed by atoms with Gasteiger partial charge in [0, 0.05) is 12.4 Å². The molecular weight excluding hydrogens is 425 g/mol. The molecule has 0 spiro atoms. The smallest absolute Gasteiger partial charge is 0.381 e. The van der Waals surface area contributed by atoms with E-state index in [2.05, 4.69) is 12.5 Å². The number of rotatable bonds is 20. The molecule has 0 bridgehead atoms. The number of thioether (sulfide) groups is 1. The third-order valence-electron chi connectivity index (χ3n) is 5.00. The Hall–Kier alpha value is 0.450. The molecule has 186 valence electrons. The zero-order valence-electron chi connectivity index (χ0n) is 20.6. The number of ether oxygens (including phenoxy) is 1. The fourth-order valence-corrected chi connectivity index (χ4v) is 5.97. The Morgan fingerprint density at radius 2 is 1.17 bits per heavy atom. The Labute approximate surface area is 192 Å². The third kappa shape index (κ3) is 28.5. The maximum Gasteiger partial charge on any atom is 0.389 e. The van der Waals surface area contributed by atoms with Crippen molar-refractivity contribution in [2.24, 2.45) is 0 Å². The molecule has 6 heteroatoms. The van der Waals surface area contributed by atoms with E-state index in [0.29, 0.717) is 5.75 Å². The molecule has 0 atom stereocenters. The van der Waals surface area contributed by atoms with Gasteiger partial charge in [0.25, 0.3) is 0 Å². The molecule has 0 rings (SSSR count). The molecule has 0 aromatic carbocycles. The van der Waals surface area contributed by atoms with Crippen molar-refractivity contribution in [2.45, 2.75) is 104 Å². The van der Waals surface area contributed by atoms with Gasteiger partial charge in [0.2, 0.25) is 0 Å². The Morgan fingerprint density at radius 3 is 1.63 bits per heavy atom. The molecule has 0 fully saturated rings. The highest BCUT2D eigenvalue weighted by atomic mass is 32.3. The van der Waals surface area contributed by atoms with Gasteiger partial charge >= 0.3 is 6.18 Å². The van der Waals surface area contributed by atoms with Crippen LogP contribution in [-0.4, -0.2) is 54.9 Å². The van der Waals surface area contributed by atoms with E-state index < -0.39 is 22.6 Å². The summed E-state index contributed by atoms with van der Waals surface area (Å²) in [6, 6.07) is 0. The largest absolute Gasteiger partial charge is 0.389 e. The number of hydrogen-bond donors (Lipinski definition) is 0. The number of unbranched alkanes of at least 4 members (excludes halogenated alkanes) is 10. The van der Waals surface area contributed by atoms with Gasteiger partial charge in [-0.1, -0.05) is 71.6 Å². The van der Waals surface area contributed by atoms with Gasteiger partial charge in [-0.15, -0.1) is 0 Å². The Kier molecular flexibility index (Phi) is 24.6. The predicted molar refractivity (Wildman–Crippen MR) is 136 cm³/mol. The first-order valence-corrected chi connectivity index (χ1v) is 16.1. The third-order valence-corrected chi connectivity index (χ3v) is 8.74. The van der Waals surface area contributed by atoms with Crippen LogP contribution in [0.15, 0.2) is 0 Å². The second kappa shape index (κ2) is 22.6. The van der Waals surface area contributed by atoms with Crippen molar-refractivity contribution >= 4 is 21.8 Å². The lowest BCUT2D eigenvalue weighted by molar-refractivity contribution is -0.129. The van der Waals surface area contributed by atoms with Crippen LogP contribution in [0.25, 0.3) is 0 Å². The Morgan fingerprint density at radius 1 is 0.700 bits per heavy atom. The van der Waals surface area contributed by atoms with Gasteiger partial charge in [-0.05, 0) is 49.5 Å². The van der Waals surface area contributed by atoms with E-state index in [-0.39, 0.29) is 0 Å². The lowest BCUT2D eigenvalue weighted by Gasteiger charge is -2.31. The van der Waals surface area contributed by atoms with Crippen molar-refractivity contribution in [3.8, 4) is 0 Å². The van der Waals surface area contributed by atoms with Crippen LogP contribution in [0, 0.1) is 0 Å². The quantitative estimate of drug-likeness (QED) is 0.162. The summed E-state index contributed by atoms with van der Waals surface area (Å²) in [6.45, 7) is 7.75. The van der Waals surface area contributed by atoms with E-state index in [0.717, 1.165) is 31.1 Å². The van der Waals surface area contributed by atoms with E-state index in [9.17, 15) is 13.2 Å². The summed E-state index contributed by atoms with van der Waals surface area (Å²) in [4.78, 5) is 0. The van der Waals surface area contributed by atoms with Crippen LogP contribution in [0.1, 0.15) is 97.8 Å². The SMILES string of the molecule is CC.CCOCCSCCCCCCCCCCCCCS(C)(C)CCC(F)(F)F. The highest BCUT2D eigenvalue weighted by Crippen LogP contribution is 2.43. The highest BCUT2D eigenvalue weighted by molar-refractivity contribution is 8.32. The first-order valence-electron chi connectivity index (χ1n) is 12.2. The van der Waals surface area contributed by atoms with E-state index >= 15 is 0 Å². The van der Waals surface area contributed by atoms with Crippen LogP contribution < -0.4 is 0 Å². The van der Waals surface area contributed by atoms with Gasteiger partial charge in [0.05, 0.1) is 13.0 Å². The minimum absolute atomic E-state index is 0.336. The van der Waals surface area contributed by atoms with Crippen LogP contribution in [0.4, 0.5) is 13.2 Å². The highest BCUT2D eigenvalue weighted by Gasteiger charge is 2.29. The van der Waals surface area contributed by atoms with Gasteiger partial charge in [0.1, 0.15) is 0 Å². The van der Waals surface area contributed by atoms with Crippen molar-refractivity contribution < 1.29 is 17.9 Å². The first-order chi connectivity index (χ1) is 14.3. The van der Waals surface area contributed by atoms with Crippen molar-refractivity contribution in [1.82, 2.24) is 0 Å².